The molecule has 7 nitrogen and oxygen atoms in total. The molecular weight excluding hydrogens is 392 g/mol. The van der Waals surface area contributed by atoms with E-state index in [9.17, 15) is 13.6 Å². The van der Waals surface area contributed by atoms with E-state index in [0.29, 0.717) is 44.8 Å². The molecule has 1 saturated heterocycles. The van der Waals surface area contributed by atoms with Gasteiger partial charge in [0.2, 0.25) is 5.91 Å². The molecule has 0 bridgehead atoms. The predicted octanol–water partition coefficient (Wildman–Crippen LogP) is 1.70. The summed E-state index contributed by atoms with van der Waals surface area (Å²) < 4.78 is 34.3. The fourth-order valence-corrected chi connectivity index (χ4v) is 4.13. The number of hydrogen-bond donors (Lipinski definition) is 1. The van der Waals surface area contributed by atoms with Crippen molar-refractivity contribution >= 4 is 5.91 Å². The van der Waals surface area contributed by atoms with Gasteiger partial charge >= 0.3 is 0 Å². The lowest BCUT2D eigenvalue weighted by Crippen LogP contribution is -2.35. The average molecular weight is 419 g/mol. The topological polar surface area (TPSA) is 72.3 Å². The van der Waals surface area contributed by atoms with Crippen LogP contribution in [0, 0.1) is 17.6 Å². The second-order valence-electron chi connectivity index (χ2n) is 7.92. The number of ether oxygens (including phenoxy) is 1. The van der Waals surface area contributed by atoms with Crippen molar-refractivity contribution in [3.8, 4) is 0 Å². The molecule has 162 valence electrons. The molecular formula is C21H27F2N5O2. The third kappa shape index (κ3) is 5.20. The van der Waals surface area contributed by atoms with Crippen LogP contribution in [0.5, 0.6) is 0 Å². The van der Waals surface area contributed by atoms with Crippen LogP contribution in [0.1, 0.15) is 30.1 Å². The summed E-state index contributed by atoms with van der Waals surface area (Å²) >= 11 is 0. The van der Waals surface area contributed by atoms with Crippen LogP contribution < -0.4 is 5.32 Å². The van der Waals surface area contributed by atoms with Crippen LogP contribution in [0.15, 0.2) is 18.2 Å². The number of halogens is 2. The molecule has 30 heavy (non-hydrogen) atoms. The summed E-state index contributed by atoms with van der Waals surface area (Å²) in [6, 6.07) is 3.64. The van der Waals surface area contributed by atoms with Crippen molar-refractivity contribution < 1.29 is 18.3 Å². The highest BCUT2D eigenvalue weighted by atomic mass is 19.1. The van der Waals surface area contributed by atoms with Crippen LogP contribution in [0.25, 0.3) is 0 Å². The molecule has 2 aliphatic rings. The molecule has 4 rings (SSSR count). The van der Waals surface area contributed by atoms with Gasteiger partial charge in [0, 0.05) is 70.8 Å². The first kappa shape index (κ1) is 20.9. The molecule has 1 aromatic carbocycles. The number of fused-ring (bicyclic) bond motifs is 1. The Morgan fingerprint density at radius 1 is 1.10 bits per heavy atom. The highest BCUT2D eigenvalue weighted by Crippen LogP contribution is 2.16. The van der Waals surface area contributed by atoms with Gasteiger partial charge in [-0.3, -0.25) is 9.69 Å². The second-order valence-corrected chi connectivity index (χ2v) is 7.92. The van der Waals surface area contributed by atoms with Crippen molar-refractivity contribution in [3.05, 3.63) is 47.0 Å². The summed E-state index contributed by atoms with van der Waals surface area (Å²) in [5.41, 5.74) is 0.626. The van der Waals surface area contributed by atoms with Gasteiger partial charge in [-0.25, -0.2) is 8.78 Å². The fourth-order valence-electron chi connectivity index (χ4n) is 4.13. The molecule has 3 heterocycles. The number of hydrogen-bond acceptors (Lipinski definition) is 5. The van der Waals surface area contributed by atoms with Crippen molar-refractivity contribution in [2.24, 2.45) is 5.92 Å². The molecule has 1 fully saturated rings. The first-order valence-corrected chi connectivity index (χ1v) is 10.5. The van der Waals surface area contributed by atoms with Crippen molar-refractivity contribution in [3.63, 3.8) is 0 Å². The Morgan fingerprint density at radius 2 is 1.87 bits per heavy atom. The lowest BCUT2D eigenvalue weighted by molar-refractivity contribution is -0.127. The molecule has 1 amide bonds. The zero-order valence-electron chi connectivity index (χ0n) is 16.9. The van der Waals surface area contributed by atoms with Crippen LogP contribution in [-0.2, 0) is 35.5 Å². The van der Waals surface area contributed by atoms with Gasteiger partial charge in [0.1, 0.15) is 23.3 Å². The quantitative estimate of drug-likeness (QED) is 0.772. The van der Waals surface area contributed by atoms with Gasteiger partial charge in [-0.2, -0.15) is 0 Å². The first-order chi connectivity index (χ1) is 14.6. The van der Waals surface area contributed by atoms with Crippen molar-refractivity contribution in [2.75, 3.05) is 32.8 Å². The number of nitrogens with one attached hydrogen (secondary N) is 1. The van der Waals surface area contributed by atoms with Gasteiger partial charge in [0.05, 0.1) is 0 Å². The van der Waals surface area contributed by atoms with E-state index in [1.54, 1.807) is 0 Å². The Bertz CT molecular complexity index is 862. The van der Waals surface area contributed by atoms with E-state index < -0.39 is 11.6 Å². The van der Waals surface area contributed by atoms with Gasteiger partial charge in [0.15, 0.2) is 0 Å². The first-order valence-electron chi connectivity index (χ1n) is 10.5. The van der Waals surface area contributed by atoms with Crippen LogP contribution >= 0.6 is 0 Å². The van der Waals surface area contributed by atoms with E-state index in [2.05, 4.69) is 25.0 Å². The summed E-state index contributed by atoms with van der Waals surface area (Å²) in [5.74, 6) is 0.784. The monoisotopic (exact) mass is 419 g/mol. The second kappa shape index (κ2) is 9.61. The van der Waals surface area contributed by atoms with Gasteiger partial charge in [-0.15, -0.1) is 10.2 Å². The van der Waals surface area contributed by atoms with E-state index in [-0.39, 0.29) is 11.8 Å². The highest BCUT2D eigenvalue weighted by molar-refractivity contribution is 5.78. The van der Waals surface area contributed by atoms with Crippen molar-refractivity contribution in [2.45, 2.75) is 38.8 Å². The van der Waals surface area contributed by atoms with Crippen LogP contribution in [0.4, 0.5) is 8.78 Å². The number of rotatable bonds is 6. The molecule has 2 aromatic rings. The number of nitrogens with zero attached hydrogens (tertiary/aromatic N) is 4. The maximum absolute atomic E-state index is 13.5. The Morgan fingerprint density at radius 3 is 2.63 bits per heavy atom. The fraction of sp³-hybridized carbons (Fsp3) is 0.571. The summed E-state index contributed by atoms with van der Waals surface area (Å²) in [6.07, 6.45) is 2.89. The predicted molar refractivity (Wildman–Crippen MR) is 106 cm³/mol. The maximum atomic E-state index is 13.5. The van der Waals surface area contributed by atoms with Crippen LogP contribution in [0.2, 0.25) is 0 Å². The van der Waals surface area contributed by atoms with Gasteiger partial charge in [-0.1, -0.05) is 0 Å². The van der Waals surface area contributed by atoms with E-state index in [1.807, 2.05) is 0 Å². The van der Waals surface area contributed by atoms with Crippen molar-refractivity contribution in [1.29, 1.82) is 0 Å². The summed E-state index contributed by atoms with van der Waals surface area (Å²) in [7, 11) is 0. The van der Waals surface area contributed by atoms with Crippen LogP contribution in [-0.4, -0.2) is 58.4 Å². The molecule has 0 spiro atoms. The van der Waals surface area contributed by atoms with E-state index >= 15 is 0 Å². The Kier molecular flexibility index (Phi) is 6.69. The Hall–Kier alpha value is -2.39. The SMILES string of the molecule is O=C(NCCc1nnc2n1CCN(Cc1cc(F)cc(F)c1)CC2)C1CCOCC1. The third-order valence-electron chi connectivity index (χ3n) is 5.76. The number of aromatic nitrogens is 3. The average Bonchev–Trinajstić information content (AvgIpc) is 3.00. The summed E-state index contributed by atoms with van der Waals surface area (Å²) in [4.78, 5) is 14.4. The minimum atomic E-state index is -0.554. The molecule has 0 radical (unpaired) electrons. The number of carbonyl (C=O) groups is 1. The third-order valence-corrected chi connectivity index (χ3v) is 5.76. The molecule has 2 aliphatic heterocycles. The molecule has 1 aromatic heterocycles. The van der Waals surface area contributed by atoms with Gasteiger partial charge in [-0.05, 0) is 30.5 Å². The molecule has 0 unspecified atom stereocenters. The molecule has 1 N–H and O–H groups in total. The van der Waals surface area contributed by atoms with E-state index in [1.165, 1.54) is 12.1 Å². The maximum Gasteiger partial charge on any atom is 0.223 e. The molecule has 9 heteroatoms. The van der Waals surface area contributed by atoms with E-state index in [0.717, 1.165) is 50.1 Å². The Labute approximate surface area is 174 Å². The van der Waals surface area contributed by atoms with Gasteiger partial charge in [0.25, 0.3) is 0 Å². The Balaban J connectivity index is 1.29. The standard InChI is InChI=1S/C21H27F2N5O2/c22-17-11-15(12-18(23)13-17)14-27-6-2-20-26-25-19(28(20)8-7-27)1-5-24-21(29)16-3-9-30-10-4-16/h11-13,16H,1-10,14H2,(H,24,29). The largest absolute Gasteiger partial charge is 0.381 e. The smallest absolute Gasteiger partial charge is 0.223 e. The highest BCUT2D eigenvalue weighted by Gasteiger charge is 2.22. The van der Waals surface area contributed by atoms with E-state index in [4.69, 9.17) is 4.74 Å². The van der Waals surface area contributed by atoms with Gasteiger partial charge < -0.3 is 14.6 Å². The van der Waals surface area contributed by atoms with Crippen LogP contribution in [0.3, 0.4) is 0 Å². The number of carbonyl (C=O) groups excluding carboxylic acids is 1. The number of benzene rings is 1. The molecule has 0 atom stereocenters. The lowest BCUT2D eigenvalue weighted by atomic mass is 9.99. The zero-order valence-corrected chi connectivity index (χ0v) is 16.9. The lowest BCUT2D eigenvalue weighted by Gasteiger charge is -2.21. The molecule has 0 saturated carbocycles. The summed E-state index contributed by atoms with van der Waals surface area (Å²) in [6.45, 7) is 4.51. The minimum Gasteiger partial charge on any atom is -0.381 e. The zero-order chi connectivity index (χ0) is 20.9. The minimum absolute atomic E-state index is 0.0375. The van der Waals surface area contributed by atoms with Crippen molar-refractivity contribution in [1.82, 2.24) is 25.0 Å². The summed E-state index contributed by atoms with van der Waals surface area (Å²) in [5, 5.41) is 11.6. The number of amides is 1. The molecule has 0 aliphatic carbocycles. The normalized spacial score (nSPS) is 18.1.